The molecule has 0 spiro atoms. The molecule has 0 bridgehead atoms. The molecule has 2 aromatic heterocycles. The second-order valence-electron chi connectivity index (χ2n) is 6.56. The molecule has 1 atom stereocenters. The van der Waals surface area contributed by atoms with Crippen molar-refractivity contribution >= 4 is 17.3 Å². The molecule has 1 N–H and O–H groups in total. The third-order valence-corrected chi connectivity index (χ3v) is 4.94. The average molecular weight is 403 g/mol. The third-order valence-electron chi connectivity index (χ3n) is 4.58. The highest BCUT2D eigenvalue weighted by Gasteiger charge is 2.18. The van der Waals surface area contributed by atoms with E-state index in [1.165, 1.54) is 4.68 Å². The molecular weight excluding hydrogens is 384 g/mol. The Morgan fingerprint density at radius 2 is 1.62 bits per heavy atom. The van der Waals surface area contributed by atoms with E-state index >= 15 is 0 Å². The Labute approximate surface area is 173 Å². The van der Waals surface area contributed by atoms with Gasteiger partial charge in [-0.1, -0.05) is 78.3 Å². The monoisotopic (exact) mass is 402 g/mol. The van der Waals surface area contributed by atoms with Gasteiger partial charge >= 0.3 is 0 Å². The summed E-state index contributed by atoms with van der Waals surface area (Å²) < 4.78 is 1.36. The molecule has 0 aliphatic rings. The van der Waals surface area contributed by atoms with Crippen LogP contribution in [0, 0.1) is 0 Å². The number of aromatic nitrogens is 3. The number of nitrogens with zero attached hydrogens (tertiary/aromatic N) is 3. The van der Waals surface area contributed by atoms with Crippen molar-refractivity contribution in [2.45, 2.75) is 12.6 Å². The van der Waals surface area contributed by atoms with Crippen molar-refractivity contribution in [1.29, 1.82) is 0 Å². The first-order valence-corrected chi connectivity index (χ1v) is 9.62. The van der Waals surface area contributed by atoms with Gasteiger partial charge in [0, 0.05) is 6.20 Å². The highest BCUT2D eigenvalue weighted by Crippen LogP contribution is 2.27. The standard InChI is InChI=1S/C23H19ClN4O/c24-21-20(15-26-28(23(21)29)16-17-9-3-1-4-10-17)27-22(18-11-5-2-6-12-18)19-13-7-8-14-25-19/h1-15,22,27H,16H2. The Balaban J connectivity index is 1.66. The lowest BCUT2D eigenvalue weighted by atomic mass is 10.0. The molecule has 0 aliphatic carbocycles. The molecule has 2 heterocycles. The Morgan fingerprint density at radius 1 is 0.931 bits per heavy atom. The van der Waals surface area contributed by atoms with Gasteiger partial charge in [0.1, 0.15) is 5.02 Å². The number of hydrogen-bond acceptors (Lipinski definition) is 4. The summed E-state index contributed by atoms with van der Waals surface area (Å²) in [6.07, 6.45) is 3.33. The summed E-state index contributed by atoms with van der Waals surface area (Å²) in [6.45, 7) is 0.363. The van der Waals surface area contributed by atoms with E-state index in [4.69, 9.17) is 11.6 Å². The SMILES string of the molecule is O=c1c(Cl)c(NC(c2ccccc2)c2ccccn2)cnn1Cc1ccccc1. The molecule has 4 aromatic rings. The van der Waals surface area contributed by atoms with Crippen LogP contribution in [-0.2, 0) is 6.54 Å². The number of rotatable bonds is 6. The van der Waals surface area contributed by atoms with Crippen molar-refractivity contribution < 1.29 is 0 Å². The highest BCUT2D eigenvalue weighted by atomic mass is 35.5. The van der Waals surface area contributed by atoms with Crippen molar-refractivity contribution in [3.8, 4) is 0 Å². The van der Waals surface area contributed by atoms with E-state index < -0.39 is 0 Å². The molecule has 1 unspecified atom stereocenters. The predicted molar refractivity (Wildman–Crippen MR) is 115 cm³/mol. The summed E-state index contributed by atoms with van der Waals surface area (Å²) in [4.78, 5) is 17.2. The number of nitrogens with one attached hydrogen (secondary N) is 1. The van der Waals surface area contributed by atoms with Gasteiger partial charge in [0.15, 0.2) is 0 Å². The van der Waals surface area contributed by atoms with Crippen LogP contribution < -0.4 is 10.9 Å². The summed E-state index contributed by atoms with van der Waals surface area (Å²) >= 11 is 6.43. The molecule has 0 amide bonds. The quantitative estimate of drug-likeness (QED) is 0.514. The Kier molecular flexibility index (Phi) is 5.68. The first-order chi connectivity index (χ1) is 14.2. The fourth-order valence-electron chi connectivity index (χ4n) is 3.11. The maximum atomic E-state index is 12.8. The van der Waals surface area contributed by atoms with Crippen molar-refractivity contribution in [3.63, 3.8) is 0 Å². The lowest BCUT2D eigenvalue weighted by Crippen LogP contribution is -2.25. The normalized spacial score (nSPS) is 11.8. The van der Waals surface area contributed by atoms with E-state index in [1.807, 2.05) is 78.9 Å². The smallest absolute Gasteiger partial charge is 0.287 e. The first kappa shape index (κ1) is 18.9. The summed E-state index contributed by atoms with van der Waals surface area (Å²) in [7, 11) is 0. The Hall–Kier alpha value is -3.44. The fourth-order valence-corrected chi connectivity index (χ4v) is 3.31. The minimum atomic E-state index is -0.339. The highest BCUT2D eigenvalue weighted by molar-refractivity contribution is 6.32. The minimum Gasteiger partial charge on any atom is -0.370 e. The van der Waals surface area contributed by atoms with E-state index in [2.05, 4.69) is 15.4 Å². The molecular formula is C23H19ClN4O. The Bertz CT molecular complexity index is 1090. The van der Waals surface area contributed by atoms with Gasteiger partial charge in [-0.25, -0.2) is 4.68 Å². The van der Waals surface area contributed by atoms with Gasteiger partial charge in [-0.05, 0) is 23.3 Å². The average Bonchev–Trinajstić information content (AvgIpc) is 2.78. The number of pyridine rings is 1. The molecule has 4 rings (SSSR count). The molecule has 6 heteroatoms. The fraction of sp³-hybridized carbons (Fsp3) is 0.0870. The second-order valence-corrected chi connectivity index (χ2v) is 6.94. The van der Waals surface area contributed by atoms with Crippen molar-refractivity contribution in [2.75, 3.05) is 5.32 Å². The zero-order chi connectivity index (χ0) is 20.1. The van der Waals surface area contributed by atoms with E-state index in [1.54, 1.807) is 12.4 Å². The summed E-state index contributed by atoms with van der Waals surface area (Å²) in [5.41, 5.74) is 2.95. The van der Waals surface area contributed by atoms with E-state index in [-0.39, 0.29) is 16.6 Å². The lowest BCUT2D eigenvalue weighted by molar-refractivity contribution is 0.639. The van der Waals surface area contributed by atoms with Crippen LogP contribution in [0.4, 0.5) is 5.69 Å². The van der Waals surface area contributed by atoms with Gasteiger partial charge in [-0.15, -0.1) is 0 Å². The van der Waals surface area contributed by atoms with Crippen LogP contribution in [0.2, 0.25) is 5.02 Å². The van der Waals surface area contributed by atoms with Crippen molar-refractivity contribution in [1.82, 2.24) is 14.8 Å². The zero-order valence-electron chi connectivity index (χ0n) is 15.6. The maximum Gasteiger partial charge on any atom is 0.287 e. The van der Waals surface area contributed by atoms with E-state index in [0.29, 0.717) is 12.2 Å². The molecule has 0 aliphatic heterocycles. The van der Waals surface area contributed by atoms with Crippen LogP contribution in [0.1, 0.15) is 22.9 Å². The molecule has 29 heavy (non-hydrogen) atoms. The van der Waals surface area contributed by atoms with Crippen LogP contribution >= 0.6 is 11.6 Å². The van der Waals surface area contributed by atoms with Crippen LogP contribution in [0.25, 0.3) is 0 Å². The zero-order valence-corrected chi connectivity index (χ0v) is 16.3. The minimum absolute atomic E-state index is 0.104. The van der Waals surface area contributed by atoms with Gasteiger partial charge < -0.3 is 5.32 Å². The molecule has 144 valence electrons. The van der Waals surface area contributed by atoms with Gasteiger partial charge in [0.2, 0.25) is 0 Å². The summed E-state index contributed by atoms with van der Waals surface area (Å²) in [5.74, 6) is 0. The number of hydrogen-bond donors (Lipinski definition) is 1. The second kappa shape index (κ2) is 8.71. The van der Waals surface area contributed by atoms with Crippen molar-refractivity contribution in [3.05, 3.63) is 123 Å². The van der Waals surface area contributed by atoms with Crippen molar-refractivity contribution in [2.24, 2.45) is 0 Å². The van der Waals surface area contributed by atoms with Gasteiger partial charge in [-0.3, -0.25) is 9.78 Å². The Morgan fingerprint density at radius 3 is 2.31 bits per heavy atom. The molecule has 2 aromatic carbocycles. The number of anilines is 1. The molecule has 0 saturated heterocycles. The molecule has 0 saturated carbocycles. The summed E-state index contributed by atoms with van der Waals surface area (Å²) in [6, 6.07) is 25.0. The third kappa shape index (κ3) is 4.36. The molecule has 0 fully saturated rings. The molecule has 5 nitrogen and oxygen atoms in total. The summed E-state index contributed by atoms with van der Waals surface area (Å²) in [5, 5.41) is 7.76. The van der Waals surface area contributed by atoms with Gasteiger partial charge in [0.25, 0.3) is 5.56 Å². The van der Waals surface area contributed by atoms with Crippen LogP contribution in [0.5, 0.6) is 0 Å². The first-order valence-electron chi connectivity index (χ1n) is 9.24. The number of halogens is 1. The predicted octanol–water partition coefficient (Wildman–Crippen LogP) is 4.54. The van der Waals surface area contributed by atoms with Crippen LogP contribution in [-0.4, -0.2) is 14.8 Å². The number of benzene rings is 2. The van der Waals surface area contributed by atoms with Crippen LogP contribution in [0.3, 0.4) is 0 Å². The molecule has 0 radical (unpaired) electrons. The lowest BCUT2D eigenvalue weighted by Gasteiger charge is -2.20. The van der Waals surface area contributed by atoms with Crippen LogP contribution in [0.15, 0.2) is 96.1 Å². The maximum absolute atomic E-state index is 12.8. The van der Waals surface area contributed by atoms with Gasteiger partial charge in [-0.2, -0.15) is 5.10 Å². The largest absolute Gasteiger partial charge is 0.370 e. The topological polar surface area (TPSA) is 59.8 Å². The van der Waals surface area contributed by atoms with E-state index in [0.717, 1.165) is 16.8 Å². The van der Waals surface area contributed by atoms with E-state index in [9.17, 15) is 4.79 Å². The van der Waals surface area contributed by atoms with Gasteiger partial charge in [0.05, 0.1) is 30.2 Å².